The third-order valence-electron chi connectivity index (χ3n) is 2.62. The summed E-state index contributed by atoms with van der Waals surface area (Å²) in [5, 5.41) is 0. The van der Waals surface area contributed by atoms with Gasteiger partial charge in [0.05, 0.1) is 0 Å². The zero-order chi connectivity index (χ0) is 11.1. The molecule has 2 rings (SSSR count). The van der Waals surface area contributed by atoms with Crippen LogP contribution in [0.3, 0.4) is 0 Å². The van der Waals surface area contributed by atoms with Crippen LogP contribution in [0.5, 0.6) is 0 Å². The van der Waals surface area contributed by atoms with Crippen molar-refractivity contribution in [2.24, 2.45) is 5.41 Å². The molecule has 0 aromatic heterocycles. The van der Waals surface area contributed by atoms with E-state index in [2.05, 4.69) is 0 Å². The highest BCUT2D eigenvalue weighted by molar-refractivity contribution is 5.90. The van der Waals surface area contributed by atoms with Crippen molar-refractivity contribution in [2.45, 2.75) is 33.0 Å². The minimum absolute atomic E-state index is 0.0158. The summed E-state index contributed by atoms with van der Waals surface area (Å²) >= 11 is 0. The molecule has 0 aliphatic carbocycles. The summed E-state index contributed by atoms with van der Waals surface area (Å²) in [5.74, 6) is 0.191. The van der Waals surface area contributed by atoms with E-state index < -0.39 is 0 Å². The van der Waals surface area contributed by atoms with E-state index in [4.69, 9.17) is 4.74 Å². The number of epoxide rings is 1. The van der Waals surface area contributed by atoms with E-state index in [1.165, 1.54) is 0 Å². The van der Waals surface area contributed by atoms with Gasteiger partial charge < -0.3 is 4.74 Å². The van der Waals surface area contributed by atoms with Crippen LogP contribution in [0.15, 0.2) is 30.3 Å². The molecule has 0 unspecified atom stereocenters. The topological polar surface area (TPSA) is 29.6 Å². The Bertz CT molecular complexity index is 362. The fourth-order valence-corrected chi connectivity index (χ4v) is 1.63. The lowest BCUT2D eigenvalue weighted by atomic mass is 9.87. The molecule has 15 heavy (non-hydrogen) atoms. The van der Waals surface area contributed by atoms with Crippen LogP contribution in [-0.2, 0) is 9.53 Å². The van der Waals surface area contributed by atoms with Gasteiger partial charge in [-0.25, -0.2) is 0 Å². The molecule has 1 aromatic carbocycles. The predicted molar refractivity (Wildman–Crippen MR) is 58.5 cm³/mol. The number of ether oxygens (including phenoxy) is 1. The van der Waals surface area contributed by atoms with E-state index in [0.717, 1.165) is 5.56 Å². The van der Waals surface area contributed by atoms with Gasteiger partial charge in [-0.3, -0.25) is 4.79 Å². The van der Waals surface area contributed by atoms with Crippen molar-refractivity contribution in [1.82, 2.24) is 0 Å². The van der Waals surface area contributed by atoms with Crippen LogP contribution in [0.1, 0.15) is 32.4 Å². The molecule has 1 aliphatic heterocycles. The molecular weight excluding hydrogens is 188 g/mol. The highest BCUT2D eigenvalue weighted by Crippen LogP contribution is 2.42. The van der Waals surface area contributed by atoms with Crippen LogP contribution in [0.2, 0.25) is 0 Å². The average Bonchev–Trinajstić information content (AvgIpc) is 2.96. The Morgan fingerprint density at radius 2 is 1.80 bits per heavy atom. The van der Waals surface area contributed by atoms with Gasteiger partial charge in [-0.2, -0.15) is 0 Å². The Balaban J connectivity index is 2.06. The summed E-state index contributed by atoms with van der Waals surface area (Å²) in [6.07, 6.45) is -0.245. The zero-order valence-electron chi connectivity index (χ0n) is 9.36. The Hall–Kier alpha value is -1.15. The number of carbonyl (C=O) groups excluding carboxylic acids is 1. The van der Waals surface area contributed by atoms with E-state index in [1.54, 1.807) is 0 Å². The first-order valence-electron chi connectivity index (χ1n) is 5.25. The molecule has 0 amide bonds. The predicted octanol–water partition coefficient (Wildman–Crippen LogP) is 2.74. The molecule has 1 fully saturated rings. The zero-order valence-corrected chi connectivity index (χ0v) is 9.36. The number of rotatable bonds is 2. The maximum absolute atomic E-state index is 11.9. The number of ketones is 1. The first kappa shape index (κ1) is 10.4. The number of benzene rings is 1. The van der Waals surface area contributed by atoms with Crippen LogP contribution >= 0.6 is 0 Å². The Labute approximate surface area is 90.3 Å². The average molecular weight is 204 g/mol. The molecule has 2 nitrogen and oxygen atoms in total. The molecule has 1 aliphatic rings. The van der Waals surface area contributed by atoms with E-state index in [1.807, 2.05) is 51.1 Å². The Morgan fingerprint density at radius 3 is 2.33 bits per heavy atom. The Morgan fingerprint density at radius 1 is 1.20 bits per heavy atom. The summed E-state index contributed by atoms with van der Waals surface area (Å²) in [6, 6.07) is 9.90. The smallest absolute Gasteiger partial charge is 0.169 e. The minimum Gasteiger partial charge on any atom is -0.356 e. The third kappa shape index (κ3) is 2.10. The van der Waals surface area contributed by atoms with Gasteiger partial charge in [0, 0.05) is 5.41 Å². The number of hydrogen-bond donors (Lipinski definition) is 0. The molecule has 0 N–H and O–H groups in total. The van der Waals surface area contributed by atoms with Gasteiger partial charge in [-0.15, -0.1) is 0 Å². The van der Waals surface area contributed by atoms with Crippen LogP contribution < -0.4 is 0 Å². The number of carbonyl (C=O) groups is 1. The lowest BCUT2D eigenvalue weighted by Crippen LogP contribution is -2.25. The largest absolute Gasteiger partial charge is 0.356 e. The van der Waals surface area contributed by atoms with Crippen LogP contribution in [0, 0.1) is 5.41 Å². The fourth-order valence-electron chi connectivity index (χ4n) is 1.63. The minimum atomic E-state index is -0.311. The second-order valence-corrected chi connectivity index (χ2v) is 5.00. The molecule has 1 saturated heterocycles. The highest BCUT2D eigenvalue weighted by atomic mass is 16.6. The number of hydrogen-bond acceptors (Lipinski definition) is 2. The monoisotopic (exact) mass is 204 g/mol. The highest BCUT2D eigenvalue weighted by Gasteiger charge is 2.49. The SMILES string of the molecule is CC(C)(C)C(=O)[C@@H]1O[C@@H]1c1ccccc1. The van der Waals surface area contributed by atoms with Gasteiger partial charge in [0.25, 0.3) is 0 Å². The van der Waals surface area contributed by atoms with Crippen LogP contribution in [0.4, 0.5) is 0 Å². The second kappa shape index (κ2) is 3.46. The third-order valence-corrected chi connectivity index (χ3v) is 2.62. The van der Waals surface area contributed by atoms with Gasteiger partial charge in [0.1, 0.15) is 12.2 Å². The van der Waals surface area contributed by atoms with Gasteiger partial charge in [0.15, 0.2) is 5.78 Å². The summed E-state index contributed by atoms with van der Waals surface area (Å²) < 4.78 is 5.44. The van der Waals surface area contributed by atoms with E-state index in [-0.39, 0.29) is 23.4 Å². The molecule has 0 radical (unpaired) electrons. The van der Waals surface area contributed by atoms with E-state index in [9.17, 15) is 4.79 Å². The summed E-state index contributed by atoms with van der Waals surface area (Å²) in [6.45, 7) is 5.79. The molecule has 80 valence electrons. The van der Waals surface area contributed by atoms with Crippen molar-refractivity contribution >= 4 is 5.78 Å². The summed E-state index contributed by atoms with van der Waals surface area (Å²) in [7, 11) is 0. The van der Waals surface area contributed by atoms with Crippen molar-refractivity contribution in [3.63, 3.8) is 0 Å². The first-order valence-corrected chi connectivity index (χ1v) is 5.25. The molecule has 0 saturated carbocycles. The standard InChI is InChI=1S/C13H16O2/c1-13(2,3)12(14)11-10(15-11)9-7-5-4-6-8-9/h4-8,10-11H,1-3H3/t10-,11-/m1/s1. The van der Waals surface area contributed by atoms with Gasteiger partial charge >= 0.3 is 0 Å². The second-order valence-electron chi connectivity index (χ2n) is 5.00. The molecule has 1 heterocycles. The van der Waals surface area contributed by atoms with Gasteiger partial charge in [0.2, 0.25) is 0 Å². The maximum atomic E-state index is 11.9. The lowest BCUT2D eigenvalue weighted by Gasteiger charge is -2.14. The summed E-state index contributed by atoms with van der Waals surface area (Å²) in [5.41, 5.74) is 0.786. The molecule has 0 spiro atoms. The Kier molecular flexibility index (Phi) is 2.39. The van der Waals surface area contributed by atoms with E-state index in [0.29, 0.717) is 0 Å². The fraction of sp³-hybridized carbons (Fsp3) is 0.462. The van der Waals surface area contributed by atoms with Crippen LogP contribution in [-0.4, -0.2) is 11.9 Å². The van der Waals surface area contributed by atoms with E-state index >= 15 is 0 Å². The van der Waals surface area contributed by atoms with Gasteiger partial charge in [-0.05, 0) is 5.56 Å². The number of Topliss-reactive ketones (excluding diaryl/α,β-unsaturated/α-hetero) is 1. The van der Waals surface area contributed by atoms with Crippen molar-refractivity contribution in [3.8, 4) is 0 Å². The summed E-state index contributed by atoms with van der Waals surface area (Å²) in [4.78, 5) is 11.9. The van der Waals surface area contributed by atoms with Crippen molar-refractivity contribution in [2.75, 3.05) is 0 Å². The van der Waals surface area contributed by atoms with Crippen LogP contribution in [0.25, 0.3) is 0 Å². The molecular formula is C13H16O2. The molecule has 2 atom stereocenters. The molecule has 1 aromatic rings. The quantitative estimate of drug-likeness (QED) is 0.693. The van der Waals surface area contributed by atoms with Crippen molar-refractivity contribution in [3.05, 3.63) is 35.9 Å². The lowest BCUT2D eigenvalue weighted by molar-refractivity contribution is -0.127. The normalized spacial score (nSPS) is 25.0. The van der Waals surface area contributed by atoms with Crippen molar-refractivity contribution in [1.29, 1.82) is 0 Å². The van der Waals surface area contributed by atoms with Gasteiger partial charge in [-0.1, -0.05) is 51.1 Å². The first-order chi connectivity index (χ1) is 7.00. The van der Waals surface area contributed by atoms with Crippen molar-refractivity contribution < 1.29 is 9.53 Å². The molecule has 2 heteroatoms. The molecule has 0 bridgehead atoms. The maximum Gasteiger partial charge on any atom is 0.169 e.